The third kappa shape index (κ3) is 3.77. The van der Waals surface area contributed by atoms with Gasteiger partial charge in [0.2, 0.25) is 10.0 Å². The number of hydrogen-bond donors (Lipinski definition) is 2. The predicted octanol–water partition coefficient (Wildman–Crippen LogP) is 3.31. The number of aliphatic hydroxyl groups excluding tert-OH is 1. The van der Waals surface area contributed by atoms with Crippen LogP contribution in [0.25, 0.3) is 22.4 Å². The molecule has 11 heteroatoms. The Hall–Kier alpha value is -2.76. The first-order chi connectivity index (χ1) is 13.0. The largest absolute Gasteiger partial charge is 0.416 e. The van der Waals surface area contributed by atoms with E-state index in [1.165, 1.54) is 6.07 Å². The molecule has 3 rings (SSSR count). The molecule has 2 aromatic carbocycles. The third-order valence-electron chi connectivity index (χ3n) is 3.92. The quantitative estimate of drug-likeness (QED) is 0.635. The number of alkyl halides is 3. The summed E-state index contributed by atoms with van der Waals surface area (Å²) in [5, 5.41) is 18.1. The molecule has 0 saturated carbocycles. The van der Waals surface area contributed by atoms with Crippen molar-refractivity contribution in [3.05, 3.63) is 59.6 Å². The van der Waals surface area contributed by atoms with Crippen LogP contribution in [-0.2, 0) is 22.8 Å². The molecule has 1 aromatic heterocycles. The van der Waals surface area contributed by atoms with E-state index in [-0.39, 0.29) is 28.1 Å². The monoisotopic (exact) mass is 416 g/mol. The van der Waals surface area contributed by atoms with Gasteiger partial charge >= 0.3 is 6.18 Å². The van der Waals surface area contributed by atoms with Crippen LogP contribution in [0.5, 0.6) is 0 Å². The second kappa shape index (κ2) is 7.00. The second-order valence-corrected chi connectivity index (χ2v) is 7.28. The Labute approximate surface area is 156 Å². The number of hydrogen-bond acceptors (Lipinski definition) is 5. The van der Waals surface area contributed by atoms with E-state index >= 15 is 0 Å². The predicted molar refractivity (Wildman–Crippen MR) is 89.6 cm³/mol. The highest BCUT2D eigenvalue weighted by molar-refractivity contribution is 7.89. The fourth-order valence-corrected chi connectivity index (χ4v) is 3.22. The van der Waals surface area contributed by atoms with Crippen LogP contribution in [-0.4, -0.2) is 18.7 Å². The molecule has 0 aliphatic rings. The van der Waals surface area contributed by atoms with Gasteiger partial charge in [0.1, 0.15) is 23.0 Å². The first-order valence-corrected chi connectivity index (χ1v) is 9.16. The molecular weight excluding hydrogens is 404 g/mol. The van der Waals surface area contributed by atoms with Crippen molar-refractivity contribution in [2.45, 2.75) is 17.7 Å². The fourth-order valence-electron chi connectivity index (χ4n) is 2.63. The SMILES string of the molecule is NS(=O)(=O)c1ccc(-c2c(-c3ccc(C(F)(F)F)cc3)noc2CO)cc1F. The van der Waals surface area contributed by atoms with Gasteiger partial charge in [0.05, 0.1) is 11.1 Å². The lowest BCUT2D eigenvalue weighted by atomic mass is 9.98. The van der Waals surface area contributed by atoms with Crippen molar-refractivity contribution in [3.8, 4) is 22.4 Å². The maximum atomic E-state index is 14.2. The standard InChI is InChI=1S/C17H12F4N2O4S/c18-12-7-10(3-6-14(12)28(22,25)26)15-13(8-24)27-23-16(15)9-1-4-11(5-2-9)17(19,20)21/h1-7,24H,8H2,(H2,22,25,26). The smallest absolute Gasteiger partial charge is 0.388 e. The van der Waals surface area contributed by atoms with Crippen LogP contribution in [0, 0.1) is 5.82 Å². The summed E-state index contributed by atoms with van der Waals surface area (Å²) in [6.07, 6.45) is -4.52. The molecule has 0 aliphatic carbocycles. The van der Waals surface area contributed by atoms with Crippen molar-refractivity contribution >= 4 is 10.0 Å². The van der Waals surface area contributed by atoms with Crippen molar-refractivity contribution in [2.24, 2.45) is 5.14 Å². The van der Waals surface area contributed by atoms with Crippen molar-refractivity contribution in [3.63, 3.8) is 0 Å². The van der Waals surface area contributed by atoms with E-state index in [2.05, 4.69) is 5.16 Å². The Bertz CT molecular complexity index is 1120. The van der Waals surface area contributed by atoms with Crippen molar-refractivity contribution in [1.82, 2.24) is 5.16 Å². The first-order valence-electron chi connectivity index (χ1n) is 7.62. The Morgan fingerprint density at radius 2 is 1.68 bits per heavy atom. The van der Waals surface area contributed by atoms with Crippen molar-refractivity contribution in [2.75, 3.05) is 0 Å². The van der Waals surface area contributed by atoms with E-state index in [4.69, 9.17) is 9.66 Å². The number of nitrogens with zero attached hydrogens (tertiary/aromatic N) is 1. The third-order valence-corrected chi connectivity index (χ3v) is 4.86. The van der Waals surface area contributed by atoms with Crippen LogP contribution >= 0.6 is 0 Å². The van der Waals surface area contributed by atoms with E-state index in [0.29, 0.717) is 0 Å². The molecule has 0 unspecified atom stereocenters. The summed E-state index contributed by atoms with van der Waals surface area (Å²) in [5.41, 5.74) is -0.373. The number of primary sulfonamides is 1. The number of benzene rings is 2. The molecule has 148 valence electrons. The van der Waals surface area contributed by atoms with E-state index in [1.807, 2.05) is 0 Å². The molecule has 1 heterocycles. The number of aliphatic hydroxyl groups is 1. The molecule has 0 bridgehead atoms. The molecule has 0 fully saturated rings. The fraction of sp³-hybridized carbons (Fsp3) is 0.118. The summed E-state index contributed by atoms with van der Waals surface area (Å²) in [7, 11) is -4.29. The highest BCUT2D eigenvalue weighted by Gasteiger charge is 2.30. The van der Waals surface area contributed by atoms with Crippen LogP contribution in [0.2, 0.25) is 0 Å². The van der Waals surface area contributed by atoms with E-state index < -0.39 is 39.1 Å². The maximum absolute atomic E-state index is 14.2. The van der Waals surface area contributed by atoms with Crippen LogP contribution in [0.15, 0.2) is 51.9 Å². The van der Waals surface area contributed by atoms with Gasteiger partial charge in [-0.3, -0.25) is 0 Å². The van der Waals surface area contributed by atoms with E-state index in [1.54, 1.807) is 0 Å². The van der Waals surface area contributed by atoms with Crippen LogP contribution in [0.1, 0.15) is 11.3 Å². The zero-order chi connectivity index (χ0) is 20.7. The van der Waals surface area contributed by atoms with Gasteiger partial charge < -0.3 is 9.63 Å². The second-order valence-electron chi connectivity index (χ2n) is 5.75. The van der Waals surface area contributed by atoms with Gasteiger partial charge in [0.25, 0.3) is 0 Å². The minimum Gasteiger partial charge on any atom is -0.388 e. The molecule has 0 saturated heterocycles. The molecule has 6 nitrogen and oxygen atoms in total. The van der Waals surface area contributed by atoms with Crippen LogP contribution in [0.4, 0.5) is 17.6 Å². The Morgan fingerprint density at radius 1 is 1.07 bits per heavy atom. The van der Waals surface area contributed by atoms with Crippen LogP contribution < -0.4 is 5.14 Å². The van der Waals surface area contributed by atoms with E-state index in [0.717, 1.165) is 36.4 Å². The lowest BCUT2D eigenvalue weighted by molar-refractivity contribution is -0.137. The summed E-state index contributed by atoms with van der Waals surface area (Å²) in [5.74, 6) is -1.21. The average Bonchev–Trinajstić information content (AvgIpc) is 3.04. The summed E-state index contributed by atoms with van der Waals surface area (Å²) >= 11 is 0. The summed E-state index contributed by atoms with van der Waals surface area (Å²) in [6.45, 7) is -0.623. The Balaban J connectivity index is 2.13. The minimum absolute atomic E-state index is 0.0560. The lowest BCUT2D eigenvalue weighted by Gasteiger charge is -2.08. The Kier molecular flexibility index (Phi) is 5.00. The van der Waals surface area contributed by atoms with E-state index in [9.17, 15) is 31.1 Å². The molecule has 0 aliphatic heterocycles. The zero-order valence-electron chi connectivity index (χ0n) is 13.9. The topological polar surface area (TPSA) is 106 Å². The van der Waals surface area contributed by atoms with Gasteiger partial charge in [0.15, 0.2) is 5.76 Å². The minimum atomic E-state index is -4.52. The molecular formula is C17H12F4N2O4S. The number of rotatable bonds is 4. The van der Waals surface area contributed by atoms with Crippen molar-refractivity contribution < 1.29 is 35.6 Å². The molecule has 0 radical (unpaired) electrons. The van der Waals surface area contributed by atoms with Gasteiger partial charge in [0, 0.05) is 5.56 Å². The first kappa shape index (κ1) is 20.0. The molecule has 0 amide bonds. The maximum Gasteiger partial charge on any atom is 0.416 e. The molecule has 28 heavy (non-hydrogen) atoms. The van der Waals surface area contributed by atoms with Gasteiger partial charge in [-0.05, 0) is 29.8 Å². The highest BCUT2D eigenvalue weighted by Crippen LogP contribution is 2.37. The number of aromatic nitrogens is 1. The van der Waals surface area contributed by atoms with Gasteiger partial charge in [-0.1, -0.05) is 23.4 Å². The molecule has 0 atom stereocenters. The lowest BCUT2D eigenvalue weighted by Crippen LogP contribution is -2.14. The van der Waals surface area contributed by atoms with Gasteiger partial charge in [-0.15, -0.1) is 0 Å². The highest BCUT2D eigenvalue weighted by atomic mass is 32.2. The average molecular weight is 416 g/mol. The molecule has 0 spiro atoms. The summed E-state index contributed by atoms with van der Waals surface area (Å²) in [4.78, 5) is -0.727. The van der Waals surface area contributed by atoms with Crippen molar-refractivity contribution in [1.29, 1.82) is 0 Å². The number of sulfonamides is 1. The normalized spacial score (nSPS) is 12.4. The van der Waals surface area contributed by atoms with Crippen LogP contribution in [0.3, 0.4) is 0 Å². The van der Waals surface area contributed by atoms with Gasteiger partial charge in [-0.25, -0.2) is 17.9 Å². The number of halogens is 4. The Morgan fingerprint density at radius 3 is 2.18 bits per heavy atom. The molecule has 3 aromatic rings. The number of nitrogens with two attached hydrogens (primary N) is 1. The summed E-state index contributed by atoms with van der Waals surface area (Å²) in [6, 6.07) is 7.01. The zero-order valence-corrected chi connectivity index (χ0v) is 14.7. The molecule has 3 N–H and O–H groups in total. The van der Waals surface area contributed by atoms with Gasteiger partial charge in [-0.2, -0.15) is 13.2 Å². The summed E-state index contributed by atoms with van der Waals surface area (Å²) < 4.78 is 80.1.